The van der Waals surface area contributed by atoms with Gasteiger partial charge in [-0.05, 0) is 59.0 Å². The van der Waals surface area contributed by atoms with Gasteiger partial charge in [0.2, 0.25) is 5.91 Å². The summed E-state index contributed by atoms with van der Waals surface area (Å²) in [6.07, 6.45) is -0.0320. The first-order valence-corrected chi connectivity index (χ1v) is 12.4. The lowest BCUT2D eigenvalue weighted by atomic mass is 9.92. The number of amides is 1. The number of carbonyl (C=O) groups is 1. The highest BCUT2D eigenvalue weighted by molar-refractivity contribution is 6.30. The Balaban J connectivity index is 1.53. The molecule has 1 aliphatic heterocycles. The Morgan fingerprint density at radius 2 is 1.40 bits per heavy atom. The van der Waals surface area contributed by atoms with E-state index in [4.69, 9.17) is 23.2 Å². The summed E-state index contributed by atoms with van der Waals surface area (Å²) in [7, 11) is 0. The maximum absolute atomic E-state index is 13.6. The van der Waals surface area contributed by atoms with E-state index < -0.39 is 11.6 Å². The second-order valence-electron chi connectivity index (χ2n) is 9.51. The molecule has 0 N–H and O–H groups in total. The maximum Gasteiger partial charge on any atom is 0.227 e. The number of hydrogen-bond acceptors (Lipinski definition) is 2. The number of rotatable bonds is 8. The first-order valence-electron chi connectivity index (χ1n) is 11.7. The van der Waals surface area contributed by atoms with Gasteiger partial charge in [0.05, 0.1) is 18.5 Å². The average Bonchev–Trinajstić information content (AvgIpc) is 2.75. The summed E-state index contributed by atoms with van der Waals surface area (Å²) >= 11 is 12.2. The molecule has 0 radical (unpaired) electrons. The molecule has 7 heteroatoms. The zero-order valence-electron chi connectivity index (χ0n) is 19.7. The van der Waals surface area contributed by atoms with Crippen molar-refractivity contribution in [2.24, 2.45) is 5.92 Å². The predicted molar refractivity (Wildman–Crippen MR) is 137 cm³/mol. The first-order chi connectivity index (χ1) is 16.7. The van der Waals surface area contributed by atoms with E-state index in [1.54, 1.807) is 0 Å². The lowest BCUT2D eigenvalue weighted by Crippen LogP contribution is -2.62. The lowest BCUT2D eigenvalue weighted by Gasteiger charge is -2.49. The molecule has 3 nitrogen and oxygen atoms in total. The lowest BCUT2D eigenvalue weighted by molar-refractivity contribution is -0.138. The van der Waals surface area contributed by atoms with Gasteiger partial charge < -0.3 is 4.90 Å². The molecule has 0 atom stereocenters. The molecule has 4 rings (SSSR count). The zero-order chi connectivity index (χ0) is 25.1. The Morgan fingerprint density at radius 1 is 0.914 bits per heavy atom. The van der Waals surface area contributed by atoms with E-state index in [9.17, 15) is 13.6 Å². The molecule has 1 saturated heterocycles. The van der Waals surface area contributed by atoms with E-state index in [2.05, 4.69) is 18.7 Å². The van der Waals surface area contributed by atoms with Crippen LogP contribution in [0.15, 0.2) is 66.7 Å². The standard InChI is InChI=1S/C28H28Cl2F2N2O/c1-18(2)15-34(27(35)13-19-11-24(31)14-25(32)12-19)26-16-33(17-26)28(20-3-7-22(29)8-4-20)21-5-9-23(30)10-6-21/h3-12,14,18,26,28H,13,15-17H2,1-2H3. The van der Waals surface area contributed by atoms with Crippen LogP contribution in [-0.2, 0) is 11.2 Å². The van der Waals surface area contributed by atoms with Gasteiger partial charge in [0, 0.05) is 35.7 Å². The van der Waals surface area contributed by atoms with Gasteiger partial charge in [-0.25, -0.2) is 8.78 Å². The highest BCUT2D eigenvalue weighted by atomic mass is 35.5. The van der Waals surface area contributed by atoms with E-state index >= 15 is 0 Å². The monoisotopic (exact) mass is 516 g/mol. The van der Waals surface area contributed by atoms with Gasteiger partial charge in [-0.3, -0.25) is 9.69 Å². The molecule has 0 aliphatic carbocycles. The Kier molecular flexibility index (Phi) is 8.10. The van der Waals surface area contributed by atoms with Gasteiger partial charge >= 0.3 is 0 Å². The molecule has 0 saturated carbocycles. The van der Waals surface area contributed by atoms with Crippen LogP contribution < -0.4 is 0 Å². The van der Waals surface area contributed by atoms with Crippen molar-refractivity contribution in [3.8, 4) is 0 Å². The predicted octanol–water partition coefficient (Wildman–Crippen LogP) is 6.77. The van der Waals surface area contributed by atoms with Crippen LogP contribution in [0.4, 0.5) is 8.78 Å². The summed E-state index contributed by atoms with van der Waals surface area (Å²) < 4.78 is 27.3. The van der Waals surface area contributed by atoms with Gasteiger partial charge in [0.15, 0.2) is 0 Å². The van der Waals surface area contributed by atoms with Gasteiger partial charge in [-0.15, -0.1) is 0 Å². The smallest absolute Gasteiger partial charge is 0.227 e. The molecule has 1 fully saturated rings. The van der Waals surface area contributed by atoms with Crippen LogP contribution in [0.1, 0.15) is 36.6 Å². The molecular weight excluding hydrogens is 489 g/mol. The van der Waals surface area contributed by atoms with Crippen molar-refractivity contribution in [2.45, 2.75) is 32.4 Å². The molecule has 1 heterocycles. The molecular formula is C28H28Cl2F2N2O. The van der Waals surface area contributed by atoms with E-state index in [1.165, 1.54) is 12.1 Å². The van der Waals surface area contributed by atoms with Crippen LogP contribution in [0.25, 0.3) is 0 Å². The number of benzene rings is 3. The van der Waals surface area contributed by atoms with Crippen LogP contribution in [-0.4, -0.2) is 41.4 Å². The number of hydrogen-bond donors (Lipinski definition) is 0. The molecule has 0 aromatic heterocycles. The van der Waals surface area contributed by atoms with Crippen molar-refractivity contribution in [3.05, 3.63) is 105 Å². The van der Waals surface area contributed by atoms with Crippen molar-refractivity contribution in [1.29, 1.82) is 0 Å². The summed E-state index contributed by atoms with van der Waals surface area (Å²) in [6.45, 7) is 6.07. The summed E-state index contributed by atoms with van der Waals surface area (Å²) in [5.74, 6) is -1.21. The van der Waals surface area contributed by atoms with E-state index in [-0.39, 0.29) is 30.3 Å². The minimum absolute atomic E-state index is 0.00546. The number of nitrogens with zero attached hydrogens (tertiary/aromatic N) is 2. The Bertz CT molecular complexity index is 1100. The fraction of sp³-hybridized carbons (Fsp3) is 0.321. The Labute approximate surface area is 215 Å². The number of carbonyl (C=O) groups excluding carboxylic acids is 1. The van der Waals surface area contributed by atoms with Crippen LogP contribution in [0.2, 0.25) is 10.0 Å². The topological polar surface area (TPSA) is 23.6 Å². The first kappa shape index (κ1) is 25.6. The van der Waals surface area contributed by atoms with Crippen molar-refractivity contribution in [2.75, 3.05) is 19.6 Å². The molecule has 0 spiro atoms. The Morgan fingerprint density at radius 3 is 1.86 bits per heavy atom. The van der Waals surface area contributed by atoms with Crippen molar-refractivity contribution in [3.63, 3.8) is 0 Å². The molecule has 184 valence electrons. The van der Waals surface area contributed by atoms with E-state index in [1.807, 2.05) is 53.4 Å². The van der Waals surface area contributed by atoms with Gasteiger partial charge in [-0.1, -0.05) is 61.3 Å². The molecule has 35 heavy (non-hydrogen) atoms. The van der Waals surface area contributed by atoms with Crippen molar-refractivity contribution < 1.29 is 13.6 Å². The summed E-state index contributed by atoms with van der Waals surface area (Å²) in [6, 6.07) is 18.9. The van der Waals surface area contributed by atoms with Gasteiger partial charge in [-0.2, -0.15) is 0 Å². The molecule has 0 unspecified atom stereocenters. The molecule has 3 aromatic rings. The third-order valence-corrected chi connectivity index (χ3v) is 6.73. The molecule has 1 amide bonds. The third kappa shape index (κ3) is 6.40. The van der Waals surface area contributed by atoms with Crippen LogP contribution >= 0.6 is 23.2 Å². The summed E-state index contributed by atoms with van der Waals surface area (Å²) in [5.41, 5.74) is 2.55. The average molecular weight is 517 g/mol. The van der Waals surface area contributed by atoms with Crippen LogP contribution in [0.5, 0.6) is 0 Å². The second-order valence-corrected chi connectivity index (χ2v) is 10.4. The van der Waals surface area contributed by atoms with Gasteiger partial charge in [0.25, 0.3) is 0 Å². The normalized spacial score (nSPS) is 14.4. The maximum atomic E-state index is 13.6. The fourth-order valence-corrected chi connectivity index (χ4v) is 4.89. The summed E-state index contributed by atoms with van der Waals surface area (Å²) in [4.78, 5) is 17.4. The number of halogens is 4. The number of likely N-dealkylation sites (tertiary alicyclic amines) is 1. The van der Waals surface area contributed by atoms with Crippen molar-refractivity contribution >= 4 is 29.1 Å². The third-order valence-electron chi connectivity index (χ3n) is 6.23. The van der Waals surface area contributed by atoms with Gasteiger partial charge in [0.1, 0.15) is 11.6 Å². The SMILES string of the molecule is CC(C)CN(C(=O)Cc1cc(F)cc(F)c1)C1CN(C(c2ccc(Cl)cc2)c2ccc(Cl)cc2)C1. The van der Waals surface area contributed by atoms with Crippen molar-refractivity contribution in [1.82, 2.24) is 9.80 Å². The van der Waals surface area contributed by atoms with Crippen LogP contribution in [0, 0.1) is 17.6 Å². The highest BCUT2D eigenvalue weighted by Crippen LogP contribution is 2.35. The minimum atomic E-state index is -0.674. The minimum Gasteiger partial charge on any atom is -0.337 e. The second kappa shape index (κ2) is 11.1. The quantitative estimate of drug-likeness (QED) is 0.329. The molecule has 0 bridgehead atoms. The Hall–Kier alpha value is -2.47. The van der Waals surface area contributed by atoms with Crippen LogP contribution in [0.3, 0.4) is 0 Å². The highest BCUT2D eigenvalue weighted by Gasteiger charge is 2.39. The molecule has 1 aliphatic rings. The molecule has 3 aromatic carbocycles. The summed E-state index contributed by atoms with van der Waals surface area (Å²) in [5, 5.41) is 1.35. The largest absolute Gasteiger partial charge is 0.337 e. The zero-order valence-corrected chi connectivity index (χ0v) is 21.2. The van der Waals surface area contributed by atoms with E-state index in [0.29, 0.717) is 35.2 Å². The fourth-order valence-electron chi connectivity index (χ4n) is 4.64. The van der Waals surface area contributed by atoms with E-state index in [0.717, 1.165) is 17.2 Å².